The fourth-order valence-corrected chi connectivity index (χ4v) is 2.76. The molecule has 2 aromatic heterocycles. The topological polar surface area (TPSA) is 29.9 Å². The molecule has 0 atom stereocenters. The van der Waals surface area contributed by atoms with Crippen LogP contribution in [-0.2, 0) is 18.1 Å². The van der Waals surface area contributed by atoms with E-state index in [0.717, 1.165) is 0 Å². The minimum Gasteiger partial charge on any atom is -0.361 e. The minimum atomic E-state index is 0.564. The van der Waals surface area contributed by atoms with Gasteiger partial charge >= 0.3 is 0 Å². The number of nitrogens with zero attached hydrogens (tertiary/aromatic N) is 1. The number of ether oxygens (including phenoxy) is 1. The lowest BCUT2D eigenvalue weighted by Crippen LogP contribution is -2.01. The van der Waals surface area contributed by atoms with Gasteiger partial charge in [0.25, 0.3) is 0 Å². The molecule has 0 saturated heterocycles. The van der Waals surface area contributed by atoms with Crippen LogP contribution in [0.3, 0.4) is 0 Å². The normalized spacial score (nSPS) is 11.4. The van der Waals surface area contributed by atoms with Crippen LogP contribution in [0.1, 0.15) is 5.56 Å². The molecule has 2 heterocycles. The van der Waals surface area contributed by atoms with Crippen LogP contribution in [0, 0.1) is 0 Å². The van der Waals surface area contributed by atoms with Gasteiger partial charge in [-0.3, -0.25) is 0 Å². The zero-order valence-electron chi connectivity index (χ0n) is 11.6. The van der Waals surface area contributed by atoms with Crippen LogP contribution in [0.15, 0.2) is 67.0 Å². The number of fused-ring (bicyclic) bond motifs is 3. The van der Waals surface area contributed by atoms with Crippen LogP contribution < -0.4 is 0 Å². The highest BCUT2D eigenvalue weighted by molar-refractivity contribution is 6.05. The van der Waals surface area contributed by atoms with Gasteiger partial charge in [-0.1, -0.05) is 30.3 Å². The summed E-state index contributed by atoms with van der Waals surface area (Å²) >= 11 is 0. The quantitative estimate of drug-likeness (QED) is 0.592. The molecule has 104 valence electrons. The average molecular weight is 276 g/mol. The van der Waals surface area contributed by atoms with E-state index in [4.69, 9.17) is 4.74 Å². The third-order valence-corrected chi connectivity index (χ3v) is 3.83. The molecule has 0 radical (unpaired) electrons. The Balaban J connectivity index is 1.56. The van der Waals surface area contributed by atoms with Gasteiger partial charge in [0.2, 0.25) is 0 Å². The molecule has 3 heteroatoms. The fourth-order valence-electron chi connectivity index (χ4n) is 2.76. The smallest absolute Gasteiger partial charge is 0.123 e. The first-order chi connectivity index (χ1) is 10.4. The van der Waals surface area contributed by atoms with Crippen LogP contribution in [0.5, 0.6) is 0 Å². The number of nitrogens with one attached hydrogen (secondary N) is 1. The number of hydrogen-bond acceptors (Lipinski definition) is 1. The highest BCUT2D eigenvalue weighted by Gasteiger charge is 2.05. The van der Waals surface area contributed by atoms with Crippen molar-refractivity contribution in [2.24, 2.45) is 0 Å². The lowest BCUT2D eigenvalue weighted by atomic mass is 10.2. The molecule has 21 heavy (non-hydrogen) atoms. The summed E-state index contributed by atoms with van der Waals surface area (Å²) in [6.45, 7) is 1.20. The second-order valence-corrected chi connectivity index (χ2v) is 5.19. The maximum Gasteiger partial charge on any atom is 0.123 e. The Morgan fingerprint density at radius 2 is 1.81 bits per heavy atom. The van der Waals surface area contributed by atoms with Gasteiger partial charge in [-0.15, -0.1) is 0 Å². The number of aromatic nitrogens is 2. The van der Waals surface area contributed by atoms with Gasteiger partial charge in [0, 0.05) is 28.7 Å². The maximum atomic E-state index is 5.82. The Bertz CT molecular complexity index is 874. The Morgan fingerprint density at radius 1 is 0.905 bits per heavy atom. The highest BCUT2D eigenvalue weighted by Crippen LogP contribution is 2.25. The number of benzene rings is 2. The molecular formula is C18H16N2O. The van der Waals surface area contributed by atoms with Crippen LogP contribution in [-0.4, -0.2) is 9.55 Å². The van der Waals surface area contributed by atoms with Crippen LogP contribution in [0.25, 0.3) is 21.8 Å². The number of aromatic amines is 1. The monoisotopic (exact) mass is 276 g/mol. The van der Waals surface area contributed by atoms with Crippen molar-refractivity contribution in [3.05, 3.63) is 72.6 Å². The van der Waals surface area contributed by atoms with E-state index in [2.05, 4.69) is 52.1 Å². The fraction of sp³-hybridized carbons (Fsp3) is 0.111. The summed E-state index contributed by atoms with van der Waals surface area (Å²) in [6, 6.07) is 18.8. The predicted molar refractivity (Wildman–Crippen MR) is 85.0 cm³/mol. The van der Waals surface area contributed by atoms with Gasteiger partial charge in [-0.2, -0.15) is 0 Å². The van der Waals surface area contributed by atoms with Crippen molar-refractivity contribution in [1.82, 2.24) is 9.55 Å². The van der Waals surface area contributed by atoms with E-state index < -0.39 is 0 Å². The summed E-state index contributed by atoms with van der Waals surface area (Å²) in [5.41, 5.74) is 3.57. The van der Waals surface area contributed by atoms with Gasteiger partial charge in [0.05, 0.1) is 12.1 Å². The summed E-state index contributed by atoms with van der Waals surface area (Å²) in [5, 5.41) is 2.52. The third-order valence-electron chi connectivity index (χ3n) is 3.83. The molecule has 0 aliphatic carbocycles. The standard InChI is InChI=1S/C18H16N2O/c1-2-4-14(5-3-1)12-21-13-20-11-9-16-15-8-10-19-17(15)6-7-18(16)20/h1-11,19H,12-13H2. The SMILES string of the molecule is c1ccc(COCn2ccc3c4cc[nH]c4ccc32)cc1. The van der Waals surface area contributed by atoms with Gasteiger partial charge in [-0.25, -0.2) is 0 Å². The zero-order chi connectivity index (χ0) is 14.1. The van der Waals surface area contributed by atoms with Crippen LogP contribution >= 0.6 is 0 Å². The maximum absolute atomic E-state index is 5.82. The molecule has 0 amide bonds. The Hall–Kier alpha value is -2.52. The number of H-pyrrole nitrogens is 1. The lowest BCUT2D eigenvalue weighted by molar-refractivity contribution is 0.0668. The average Bonchev–Trinajstić information content (AvgIpc) is 3.14. The molecule has 4 rings (SSSR count). The van der Waals surface area contributed by atoms with Gasteiger partial charge in [0.1, 0.15) is 6.73 Å². The second-order valence-electron chi connectivity index (χ2n) is 5.19. The molecule has 0 aliphatic heterocycles. The first-order valence-electron chi connectivity index (χ1n) is 7.08. The van der Waals surface area contributed by atoms with Gasteiger partial charge in [-0.05, 0) is 29.8 Å². The summed E-state index contributed by atoms with van der Waals surface area (Å²) in [7, 11) is 0. The zero-order valence-corrected chi connectivity index (χ0v) is 11.6. The summed E-state index contributed by atoms with van der Waals surface area (Å²) in [6.07, 6.45) is 4.06. The Morgan fingerprint density at radius 3 is 2.71 bits per heavy atom. The van der Waals surface area contributed by atoms with E-state index in [0.29, 0.717) is 13.3 Å². The Kier molecular flexibility index (Phi) is 2.98. The minimum absolute atomic E-state index is 0.564. The van der Waals surface area contributed by atoms with Crippen molar-refractivity contribution in [3.8, 4) is 0 Å². The molecule has 3 nitrogen and oxygen atoms in total. The van der Waals surface area contributed by atoms with Crippen molar-refractivity contribution in [2.45, 2.75) is 13.3 Å². The second kappa shape index (κ2) is 5.11. The van der Waals surface area contributed by atoms with E-state index in [9.17, 15) is 0 Å². The number of rotatable bonds is 4. The Labute approximate surface area is 122 Å². The molecule has 0 spiro atoms. The van der Waals surface area contributed by atoms with Crippen molar-refractivity contribution in [1.29, 1.82) is 0 Å². The summed E-state index contributed by atoms with van der Waals surface area (Å²) in [4.78, 5) is 3.25. The largest absolute Gasteiger partial charge is 0.361 e. The molecule has 0 saturated carbocycles. The molecule has 0 fully saturated rings. The first-order valence-corrected chi connectivity index (χ1v) is 7.08. The lowest BCUT2D eigenvalue weighted by Gasteiger charge is -2.07. The van der Waals surface area contributed by atoms with E-state index in [1.165, 1.54) is 27.4 Å². The molecule has 1 N–H and O–H groups in total. The van der Waals surface area contributed by atoms with Crippen LogP contribution in [0.4, 0.5) is 0 Å². The van der Waals surface area contributed by atoms with Crippen molar-refractivity contribution in [3.63, 3.8) is 0 Å². The molecule has 0 unspecified atom stereocenters. The van der Waals surface area contributed by atoms with Crippen molar-refractivity contribution in [2.75, 3.05) is 0 Å². The summed E-state index contributed by atoms with van der Waals surface area (Å²) < 4.78 is 7.96. The van der Waals surface area contributed by atoms with Crippen molar-refractivity contribution >= 4 is 21.8 Å². The molecule has 2 aromatic carbocycles. The molecule has 4 aromatic rings. The van der Waals surface area contributed by atoms with E-state index in [1.54, 1.807) is 0 Å². The molecular weight excluding hydrogens is 260 g/mol. The third kappa shape index (κ3) is 2.22. The highest BCUT2D eigenvalue weighted by atomic mass is 16.5. The van der Waals surface area contributed by atoms with Gasteiger partial charge < -0.3 is 14.3 Å². The molecule has 0 bridgehead atoms. The predicted octanol–water partition coefficient (Wildman–Crippen LogP) is 4.30. The number of hydrogen-bond donors (Lipinski definition) is 1. The van der Waals surface area contributed by atoms with Crippen molar-refractivity contribution < 1.29 is 4.74 Å². The summed E-state index contributed by atoms with van der Waals surface area (Å²) in [5.74, 6) is 0. The van der Waals surface area contributed by atoms with Crippen LogP contribution in [0.2, 0.25) is 0 Å². The van der Waals surface area contributed by atoms with E-state index in [-0.39, 0.29) is 0 Å². The van der Waals surface area contributed by atoms with E-state index >= 15 is 0 Å². The van der Waals surface area contributed by atoms with E-state index in [1.807, 2.05) is 24.4 Å². The first kappa shape index (κ1) is 12.2. The van der Waals surface area contributed by atoms with Gasteiger partial charge in [0.15, 0.2) is 0 Å². The molecule has 0 aliphatic rings.